The van der Waals surface area contributed by atoms with Gasteiger partial charge in [-0.2, -0.15) is 0 Å². The van der Waals surface area contributed by atoms with Gasteiger partial charge in [0.1, 0.15) is 17.3 Å². The molecule has 0 aliphatic heterocycles. The molecule has 1 saturated carbocycles. The summed E-state index contributed by atoms with van der Waals surface area (Å²) in [5.41, 5.74) is 6.77. The minimum atomic E-state index is 0.200. The van der Waals surface area contributed by atoms with Crippen LogP contribution in [0.15, 0.2) is 157 Å². The highest BCUT2D eigenvalue weighted by Gasteiger charge is 2.26. The maximum atomic E-state index is 11.7. The van der Waals surface area contributed by atoms with Gasteiger partial charge in [-0.25, -0.2) is 19.9 Å². The van der Waals surface area contributed by atoms with Crippen molar-refractivity contribution in [1.29, 1.82) is 0 Å². The van der Waals surface area contributed by atoms with Crippen molar-refractivity contribution in [3.8, 4) is 34.4 Å². The maximum absolute atomic E-state index is 11.7. The molecule has 0 spiro atoms. The average Bonchev–Trinajstić information content (AvgIpc) is 4.07. The van der Waals surface area contributed by atoms with E-state index in [1.54, 1.807) is 46.8 Å². The Morgan fingerprint density at radius 2 is 1.23 bits per heavy atom. The Morgan fingerprint density at radius 1 is 0.661 bits per heavy atom. The van der Waals surface area contributed by atoms with E-state index in [1.165, 1.54) is 0 Å². The smallest absolute Gasteiger partial charge is 0.227 e. The SMILES string of the molecule is CC.CSc1cncc(-c2cccnc2Oc2ccc(Nc3nc4ccccc4s3)cc2)c1.O=C1CC[C@@H](c2cccnc2Oc2ccc(Nc3nc4ccccc4s3)cc2)C1. The van der Waals surface area contributed by atoms with Crippen molar-refractivity contribution in [2.24, 2.45) is 0 Å². The van der Waals surface area contributed by atoms with Crippen LogP contribution in [-0.2, 0) is 4.79 Å². The molecule has 0 unspecified atom stereocenters. The predicted octanol–water partition coefficient (Wildman–Crippen LogP) is 14.1. The number of ketones is 1. The van der Waals surface area contributed by atoms with Gasteiger partial charge in [-0.15, -0.1) is 11.8 Å². The Kier molecular flexibility index (Phi) is 13.7. The number of hydrogen-bond donors (Lipinski definition) is 2. The first-order valence-corrected chi connectivity index (χ1v) is 23.1. The third-order valence-corrected chi connectivity index (χ3v) is 12.3. The zero-order chi connectivity index (χ0) is 42.7. The van der Waals surface area contributed by atoms with Crippen molar-refractivity contribution < 1.29 is 14.3 Å². The fraction of sp³-hybridized carbons (Fsp3) is 0.143. The van der Waals surface area contributed by atoms with Crippen LogP contribution in [0.25, 0.3) is 31.6 Å². The molecule has 1 aliphatic carbocycles. The molecule has 4 aromatic carbocycles. The molecule has 62 heavy (non-hydrogen) atoms. The molecule has 0 bridgehead atoms. The molecule has 5 aromatic heterocycles. The third kappa shape index (κ3) is 10.4. The summed E-state index contributed by atoms with van der Waals surface area (Å²) in [6, 6.07) is 41.6. The van der Waals surface area contributed by atoms with Crippen LogP contribution < -0.4 is 20.1 Å². The van der Waals surface area contributed by atoms with Gasteiger partial charge in [-0.1, -0.05) is 66.9 Å². The zero-order valence-corrected chi connectivity index (χ0v) is 36.8. The normalized spacial score (nSPS) is 13.1. The quantitative estimate of drug-likeness (QED) is 0.121. The number of ether oxygens (including phenoxy) is 2. The molecule has 5 heterocycles. The number of fused-ring (bicyclic) bond motifs is 2. The molecular formula is C49H43N7O3S3. The van der Waals surface area contributed by atoms with Crippen molar-refractivity contribution in [3.63, 3.8) is 0 Å². The van der Waals surface area contributed by atoms with E-state index in [0.717, 1.165) is 70.1 Å². The molecule has 10 nitrogen and oxygen atoms in total. The summed E-state index contributed by atoms with van der Waals surface area (Å²) >= 11 is 4.91. The van der Waals surface area contributed by atoms with Crippen molar-refractivity contribution >= 4 is 82.3 Å². The van der Waals surface area contributed by atoms with Gasteiger partial charge in [-0.05, 0) is 116 Å². The molecule has 0 amide bonds. The monoisotopic (exact) mass is 873 g/mol. The molecule has 9 aromatic rings. The number of benzene rings is 4. The number of anilines is 4. The standard InChI is InChI=1S/C24H18N4OS2.C23H19N3O2S.C2H6/c1-30-19-13-16(14-25-15-19)20-5-4-12-26-23(20)29-18-10-8-17(9-11-18)27-24-28-21-6-2-3-7-22(21)31-24;27-17-10-7-15(14-17)19-4-3-13-24-22(19)28-18-11-8-16(9-12-18)25-23-26-20-5-1-2-6-21(20)29-23;1-2/h2-15H,1H3,(H,27,28);1-6,8-9,11-13,15H,7,10,14H2,(H,25,26);1-2H3/t;15-;/m.1./s1. The van der Waals surface area contributed by atoms with Crippen LogP contribution in [-0.4, -0.2) is 37.0 Å². The second-order valence-electron chi connectivity index (χ2n) is 13.8. The highest BCUT2D eigenvalue weighted by atomic mass is 32.2. The van der Waals surface area contributed by atoms with E-state index in [9.17, 15) is 4.79 Å². The largest absolute Gasteiger partial charge is 0.439 e. The number of aromatic nitrogens is 5. The lowest BCUT2D eigenvalue weighted by Crippen LogP contribution is -2.00. The van der Waals surface area contributed by atoms with Gasteiger partial charge in [0.2, 0.25) is 11.8 Å². The highest BCUT2D eigenvalue weighted by Crippen LogP contribution is 2.38. The Balaban J connectivity index is 0.000000165. The molecule has 0 radical (unpaired) electrons. The lowest BCUT2D eigenvalue weighted by molar-refractivity contribution is -0.117. The van der Waals surface area contributed by atoms with Crippen LogP contribution in [0, 0.1) is 0 Å². The Bertz CT molecular complexity index is 2840. The second-order valence-corrected chi connectivity index (χ2v) is 16.8. The number of carbonyl (C=O) groups is 1. The van der Waals surface area contributed by atoms with Gasteiger partial charge in [0.25, 0.3) is 0 Å². The Hall–Kier alpha value is -6.67. The number of rotatable bonds is 11. The van der Waals surface area contributed by atoms with Gasteiger partial charge in [0.15, 0.2) is 10.3 Å². The number of thioether (sulfide) groups is 1. The molecule has 10 rings (SSSR count). The number of Topliss-reactive ketones (excluding diaryl/α,β-unsaturated/α-hetero) is 1. The molecule has 13 heteroatoms. The van der Waals surface area contributed by atoms with E-state index in [4.69, 9.17) is 9.47 Å². The van der Waals surface area contributed by atoms with Gasteiger partial charge in [0.05, 0.1) is 20.4 Å². The van der Waals surface area contributed by atoms with Gasteiger partial charge in [-0.3, -0.25) is 9.78 Å². The van der Waals surface area contributed by atoms with E-state index < -0.39 is 0 Å². The topological polar surface area (TPSA) is 124 Å². The summed E-state index contributed by atoms with van der Waals surface area (Å²) in [6.07, 6.45) is 11.2. The van der Waals surface area contributed by atoms with Gasteiger partial charge >= 0.3 is 0 Å². The van der Waals surface area contributed by atoms with E-state index in [1.807, 2.05) is 142 Å². The third-order valence-electron chi connectivity index (χ3n) is 9.75. The average molecular weight is 874 g/mol. The van der Waals surface area contributed by atoms with Crippen LogP contribution in [0.5, 0.6) is 23.3 Å². The first-order valence-electron chi connectivity index (χ1n) is 20.2. The number of nitrogens with zero attached hydrogens (tertiary/aromatic N) is 5. The fourth-order valence-electron chi connectivity index (χ4n) is 6.78. The van der Waals surface area contributed by atoms with Crippen molar-refractivity contribution in [3.05, 3.63) is 158 Å². The predicted molar refractivity (Wildman–Crippen MR) is 255 cm³/mol. The van der Waals surface area contributed by atoms with Crippen molar-refractivity contribution in [2.75, 3.05) is 16.9 Å². The minimum absolute atomic E-state index is 0.200. The van der Waals surface area contributed by atoms with Crippen LogP contribution >= 0.6 is 34.4 Å². The molecule has 310 valence electrons. The van der Waals surface area contributed by atoms with Crippen molar-refractivity contribution in [2.45, 2.75) is 43.9 Å². The summed E-state index contributed by atoms with van der Waals surface area (Å²) in [6.45, 7) is 4.00. The highest BCUT2D eigenvalue weighted by molar-refractivity contribution is 7.98. The number of hydrogen-bond acceptors (Lipinski definition) is 13. The summed E-state index contributed by atoms with van der Waals surface area (Å²) < 4.78 is 14.5. The van der Waals surface area contributed by atoms with Crippen LogP contribution in [0.1, 0.15) is 44.6 Å². The fourth-order valence-corrected chi connectivity index (χ4v) is 8.97. The molecule has 1 atom stereocenters. The van der Waals surface area contributed by atoms with Gasteiger partial charge in [0, 0.05) is 70.6 Å². The lowest BCUT2D eigenvalue weighted by atomic mass is 9.99. The van der Waals surface area contributed by atoms with E-state index in [0.29, 0.717) is 41.9 Å². The summed E-state index contributed by atoms with van der Waals surface area (Å²) in [5, 5.41) is 8.43. The van der Waals surface area contributed by atoms with E-state index in [2.05, 4.69) is 53.8 Å². The van der Waals surface area contributed by atoms with E-state index in [-0.39, 0.29) is 5.92 Å². The molecule has 2 N–H and O–H groups in total. The Labute approximate surface area is 372 Å². The second kappa shape index (κ2) is 20.3. The summed E-state index contributed by atoms with van der Waals surface area (Å²) in [4.78, 5) is 35.1. The van der Waals surface area contributed by atoms with Gasteiger partial charge < -0.3 is 20.1 Å². The molecular weight excluding hydrogens is 831 g/mol. The van der Waals surface area contributed by atoms with Crippen molar-refractivity contribution in [1.82, 2.24) is 24.9 Å². The molecule has 0 saturated heterocycles. The van der Waals surface area contributed by atoms with Crippen LogP contribution in [0.4, 0.5) is 21.6 Å². The number of carbonyl (C=O) groups excluding carboxylic acids is 1. The Morgan fingerprint density at radius 3 is 1.79 bits per heavy atom. The molecule has 1 fully saturated rings. The minimum Gasteiger partial charge on any atom is -0.439 e. The number of para-hydroxylation sites is 2. The maximum Gasteiger partial charge on any atom is 0.227 e. The first kappa shape index (κ1) is 42.0. The zero-order valence-electron chi connectivity index (χ0n) is 34.3. The summed E-state index contributed by atoms with van der Waals surface area (Å²) in [7, 11) is 0. The van der Waals surface area contributed by atoms with Crippen LogP contribution in [0.3, 0.4) is 0 Å². The number of nitrogens with one attached hydrogen (secondary N) is 2. The first-order chi connectivity index (χ1) is 30.5. The van der Waals surface area contributed by atoms with Crippen LogP contribution in [0.2, 0.25) is 0 Å². The summed E-state index contributed by atoms with van der Waals surface area (Å²) in [5.74, 6) is 3.07. The molecule has 1 aliphatic rings. The van der Waals surface area contributed by atoms with E-state index >= 15 is 0 Å². The lowest BCUT2D eigenvalue weighted by Gasteiger charge is -2.14. The number of pyridine rings is 3. The number of thiazole rings is 2.